The van der Waals surface area contributed by atoms with Gasteiger partial charge in [-0.05, 0) is 30.3 Å². The minimum Gasteiger partial charge on any atom is -0.494 e. The molecular weight excluding hydrogens is 488 g/mol. The number of aliphatic carboxylic acids is 1. The van der Waals surface area contributed by atoms with Crippen molar-refractivity contribution >= 4 is 44.0 Å². The Morgan fingerprint density at radius 2 is 1.75 bits per heavy atom. The molecule has 0 spiro atoms. The highest BCUT2D eigenvalue weighted by Crippen LogP contribution is 2.33. The van der Waals surface area contributed by atoms with E-state index in [4.69, 9.17) is 5.11 Å². The van der Waals surface area contributed by atoms with Crippen LogP contribution in [-0.4, -0.2) is 58.1 Å². The Morgan fingerprint density at radius 1 is 1.08 bits per heavy atom. The lowest BCUT2D eigenvalue weighted by atomic mass is 10.0. The number of aliphatic imine (C=N–C) groups is 1. The van der Waals surface area contributed by atoms with Gasteiger partial charge in [-0.1, -0.05) is 30.3 Å². The van der Waals surface area contributed by atoms with Crippen molar-refractivity contribution < 1.29 is 28.3 Å². The standard InChI is InChI=1S/C24H20N4O7S/c1-27(14-21(29)30)36(34,35)18-10-7-16(8-11-18)25-23(15-5-3-2-4-6-15)22-19-13-17(28(32)33)9-12-20(19)26-24(22)31/h2-13,26,31H,14H2,1H3,(H,29,30). The number of nitrogens with one attached hydrogen (secondary N) is 1. The van der Waals surface area contributed by atoms with Gasteiger partial charge in [0.25, 0.3) is 5.69 Å². The predicted molar refractivity (Wildman–Crippen MR) is 132 cm³/mol. The molecule has 0 radical (unpaired) electrons. The molecule has 1 aromatic heterocycles. The molecule has 0 aliphatic heterocycles. The molecule has 1 heterocycles. The Bertz CT molecular complexity index is 1590. The number of benzene rings is 3. The van der Waals surface area contributed by atoms with Gasteiger partial charge in [0.1, 0.15) is 6.54 Å². The molecule has 0 saturated heterocycles. The summed E-state index contributed by atoms with van der Waals surface area (Å²) < 4.78 is 26.0. The number of rotatable bonds is 8. The van der Waals surface area contributed by atoms with Crippen molar-refractivity contribution in [1.82, 2.24) is 9.29 Å². The number of hydrogen-bond acceptors (Lipinski definition) is 7. The van der Waals surface area contributed by atoms with Crippen LogP contribution in [0.3, 0.4) is 0 Å². The van der Waals surface area contributed by atoms with Crippen LogP contribution in [0.4, 0.5) is 11.4 Å². The predicted octanol–water partition coefficient (Wildman–Crippen LogP) is 3.66. The third-order valence-corrected chi connectivity index (χ3v) is 7.22. The van der Waals surface area contributed by atoms with E-state index in [0.29, 0.717) is 27.9 Å². The molecule has 0 saturated carbocycles. The number of non-ortho nitro benzene ring substituents is 1. The molecule has 4 rings (SSSR count). The molecular formula is C24H20N4O7S. The van der Waals surface area contributed by atoms with E-state index in [0.717, 1.165) is 4.31 Å². The van der Waals surface area contributed by atoms with Crippen LogP contribution in [0, 0.1) is 10.1 Å². The molecule has 11 nitrogen and oxygen atoms in total. The summed E-state index contributed by atoms with van der Waals surface area (Å²) in [6, 6.07) is 18.5. The molecule has 0 bridgehead atoms. The van der Waals surface area contributed by atoms with Gasteiger partial charge in [-0.3, -0.25) is 14.9 Å². The summed E-state index contributed by atoms with van der Waals surface area (Å²) >= 11 is 0. The van der Waals surface area contributed by atoms with Gasteiger partial charge in [0.05, 0.1) is 26.8 Å². The van der Waals surface area contributed by atoms with Crippen molar-refractivity contribution in [2.24, 2.45) is 4.99 Å². The topological polar surface area (TPSA) is 166 Å². The number of carbonyl (C=O) groups is 1. The van der Waals surface area contributed by atoms with E-state index in [1.807, 2.05) is 0 Å². The molecule has 36 heavy (non-hydrogen) atoms. The molecule has 4 aromatic rings. The number of H-pyrrole nitrogens is 1. The molecule has 3 aromatic carbocycles. The number of carboxylic acids is 1. The number of aromatic nitrogens is 1. The molecule has 0 aliphatic rings. The van der Waals surface area contributed by atoms with Gasteiger partial charge in [0.2, 0.25) is 10.0 Å². The number of hydrogen-bond donors (Lipinski definition) is 3. The number of carboxylic acid groups (broad SMARTS) is 1. The Hall–Kier alpha value is -4.55. The number of aromatic amines is 1. The lowest BCUT2D eigenvalue weighted by Gasteiger charge is -2.15. The first-order chi connectivity index (χ1) is 17.1. The summed E-state index contributed by atoms with van der Waals surface area (Å²) in [7, 11) is -2.86. The second-order valence-electron chi connectivity index (χ2n) is 7.81. The molecule has 3 N–H and O–H groups in total. The van der Waals surface area contributed by atoms with Gasteiger partial charge < -0.3 is 15.2 Å². The Morgan fingerprint density at radius 3 is 2.36 bits per heavy atom. The quantitative estimate of drug-likeness (QED) is 0.185. The average Bonchev–Trinajstić information content (AvgIpc) is 3.17. The SMILES string of the molecule is CN(CC(=O)O)S(=O)(=O)c1ccc(N=C(c2ccccc2)c2c(O)[nH]c3ccc([N+](=O)[O-])cc23)cc1. The highest BCUT2D eigenvalue weighted by molar-refractivity contribution is 7.89. The third-order valence-electron chi connectivity index (χ3n) is 5.40. The van der Waals surface area contributed by atoms with Crippen LogP contribution in [0.1, 0.15) is 11.1 Å². The average molecular weight is 509 g/mol. The molecule has 0 atom stereocenters. The van der Waals surface area contributed by atoms with Crippen LogP contribution in [0.2, 0.25) is 0 Å². The maximum atomic E-state index is 12.6. The van der Waals surface area contributed by atoms with Gasteiger partial charge in [0.15, 0.2) is 5.88 Å². The van der Waals surface area contributed by atoms with E-state index in [-0.39, 0.29) is 22.0 Å². The first-order valence-electron chi connectivity index (χ1n) is 10.5. The zero-order valence-electron chi connectivity index (χ0n) is 18.8. The fourth-order valence-corrected chi connectivity index (χ4v) is 4.78. The lowest BCUT2D eigenvalue weighted by Crippen LogP contribution is -2.31. The van der Waals surface area contributed by atoms with Crippen molar-refractivity contribution in [2.75, 3.05) is 13.6 Å². The van der Waals surface area contributed by atoms with Gasteiger partial charge in [0, 0.05) is 35.6 Å². The molecule has 0 unspecified atom stereocenters. The van der Waals surface area contributed by atoms with Crippen LogP contribution in [0.25, 0.3) is 10.9 Å². The second kappa shape index (κ2) is 9.60. The first-order valence-corrected chi connectivity index (χ1v) is 11.9. The van der Waals surface area contributed by atoms with Crippen LogP contribution in [-0.2, 0) is 14.8 Å². The smallest absolute Gasteiger partial charge is 0.318 e. The highest BCUT2D eigenvalue weighted by Gasteiger charge is 2.23. The number of fused-ring (bicyclic) bond motifs is 1. The normalized spacial score (nSPS) is 12.2. The summed E-state index contributed by atoms with van der Waals surface area (Å²) in [5.74, 6) is -1.52. The third kappa shape index (κ3) is 4.80. The maximum Gasteiger partial charge on any atom is 0.318 e. The number of nitrogens with zero attached hydrogens (tertiary/aromatic N) is 3. The summed E-state index contributed by atoms with van der Waals surface area (Å²) in [4.78, 5) is 29.0. The zero-order chi connectivity index (χ0) is 26.0. The first kappa shape index (κ1) is 24.6. The van der Waals surface area contributed by atoms with Crippen LogP contribution in [0.5, 0.6) is 5.88 Å². The second-order valence-corrected chi connectivity index (χ2v) is 9.86. The van der Waals surface area contributed by atoms with E-state index >= 15 is 0 Å². The van der Waals surface area contributed by atoms with Crippen molar-refractivity contribution in [2.45, 2.75) is 4.90 Å². The van der Waals surface area contributed by atoms with Crippen molar-refractivity contribution in [3.63, 3.8) is 0 Å². The lowest BCUT2D eigenvalue weighted by molar-refractivity contribution is -0.384. The van der Waals surface area contributed by atoms with Crippen LogP contribution < -0.4 is 0 Å². The fraction of sp³-hybridized carbons (Fsp3) is 0.0833. The maximum absolute atomic E-state index is 12.6. The molecule has 0 amide bonds. The number of likely N-dealkylation sites (N-methyl/N-ethyl adjacent to an activating group) is 1. The van der Waals surface area contributed by atoms with Crippen LogP contribution in [0.15, 0.2) is 82.7 Å². The number of nitro benzene ring substituents is 1. The minimum absolute atomic E-state index is 0.114. The number of sulfonamides is 1. The largest absolute Gasteiger partial charge is 0.494 e. The zero-order valence-corrected chi connectivity index (χ0v) is 19.6. The fourth-order valence-electron chi connectivity index (χ4n) is 3.66. The van der Waals surface area contributed by atoms with E-state index < -0.39 is 27.5 Å². The molecule has 0 aliphatic carbocycles. The van der Waals surface area contributed by atoms with E-state index in [2.05, 4.69) is 9.98 Å². The molecule has 0 fully saturated rings. The number of aromatic hydroxyl groups is 1. The Kier molecular flexibility index (Phi) is 6.55. The van der Waals surface area contributed by atoms with E-state index in [1.165, 1.54) is 49.5 Å². The van der Waals surface area contributed by atoms with Crippen molar-refractivity contribution in [3.05, 3.63) is 94.0 Å². The van der Waals surface area contributed by atoms with E-state index in [9.17, 15) is 28.4 Å². The Balaban J connectivity index is 1.84. The summed E-state index contributed by atoms with van der Waals surface area (Å²) in [6.07, 6.45) is 0. The monoisotopic (exact) mass is 508 g/mol. The van der Waals surface area contributed by atoms with Crippen LogP contribution >= 0.6 is 0 Å². The highest BCUT2D eigenvalue weighted by atomic mass is 32.2. The minimum atomic E-state index is -4.03. The summed E-state index contributed by atoms with van der Waals surface area (Å²) in [5, 5.41) is 31.3. The van der Waals surface area contributed by atoms with Gasteiger partial charge >= 0.3 is 5.97 Å². The van der Waals surface area contributed by atoms with Gasteiger partial charge in [-0.25, -0.2) is 13.4 Å². The van der Waals surface area contributed by atoms with Crippen molar-refractivity contribution in [1.29, 1.82) is 0 Å². The van der Waals surface area contributed by atoms with E-state index in [1.54, 1.807) is 30.3 Å². The summed E-state index contributed by atoms with van der Waals surface area (Å²) in [6.45, 7) is -0.688. The summed E-state index contributed by atoms with van der Waals surface area (Å²) in [5.41, 5.74) is 1.82. The molecule has 184 valence electrons. The Labute approximate surface area is 205 Å². The van der Waals surface area contributed by atoms with Crippen molar-refractivity contribution in [3.8, 4) is 5.88 Å². The van der Waals surface area contributed by atoms with Gasteiger partial charge in [-0.2, -0.15) is 4.31 Å². The molecule has 12 heteroatoms. The van der Waals surface area contributed by atoms with Gasteiger partial charge in [-0.15, -0.1) is 0 Å². The number of nitro groups is 1.